The summed E-state index contributed by atoms with van der Waals surface area (Å²) in [5, 5.41) is 0. The summed E-state index contributed by atoms with van der Waals surface area (Å²) in [4.78, 5) is 0.810. The Labute approximate surface area is 116 Å². The zero-order valence-electron chi connectivity index (χ0n) is 11.3. The van der Waals surface area contributed by atoms with E-state index < -0.39 is 10.8 Å². The third-order valence-electron chi connectivity index (χ3n) is 3.02. The van der Waals surface area contributed by atoms with Gasteiger partial charge >= 0.3 is 0 Å². The molecule has 0 saturated carbocycles. The molecular formula is C14H21NO3S. The van der Waals surface area contributed by atoms with Gasteiger partial charge < -0.3 is 15.2 Å². The maximum atomic E-state index is 12.2. The Morgan fingerprint density at radius 1 is 1.26 bits per heavy atom. The summed E-state index contributed by atoms with van der Waals surface area (Å²) in [5.41, 5.74) is 5.69. The van der Waals surface area contributed by atoms with Crippen LogP contribution in [0.15, 0.2) is 23.1 Å². The molecule has 0 bridgehead atoms. The first-order valence-corrected chi connectivity index (χ1v) is 8.02. The molecule has 1 heterocycles. The predicted molar refractivity (Wildman–Crippen MR) is 76.2 cm³/mol. The average Bonchev–Trinajstić information content (AvgIpc) is 2.42. The van der Waals surface area contributed by atoms with Crippen molar-refractivity contribution < 1.29 is 13.7 Å². The number of hydrogen-bond donors (Lipinski definition) is 1. The maximum absolute atomic E-state index is 12.2. The maximum Gasteiger partial charge on any atom is 0.162 e. The second-order valence-electron chi connectivity index (χ2n) is 4.83. The molecule has 19 heavy (non-hydrogen) atoms. The molecule has 2 atom stereocenters. The largest absolute Gasteiger partial charge is 0.486 e. The van der Waals surface area contributed by atoms with Crippen LogP contribution in [0, 0.1) is 0 Å². The van der Waals surface area contributed by atoms with E-state index in [1.54, 1.807) is 0 Å². The molecule has 0 aliphatic carbocycles. The second-order valence-corrected chi connectivity index (χ2v) is 6.40. The van der Waals surface area contributed by atoms with Crippen LogP contribution in [0.5, 0.6) is 11.5 Å². The van der Waals surface area contributed by atoms with Crippen LogP contribution in [0.4, 0.5) is 0 Å². The van der Waals surface area contributed by atoms with Gasteiger partial charge in [0.1, 0.15) is 13.2 Å². The third-order valence-corrected chi connectivity index (χ3v) is 4.45. The van der Waals surface area contributed by atoms with Crippen LogP contribution in [0.1, 0.15) is 26.2 Å². The lowest BCUT2D eigenvalue weighted by atomic mass is 10.2. The fourth-order valence-electron chi connectivity index (χ4n) is 1.98. The molecule has 2 rings (SSSR count). The van der Waals surface area contributed by atoms with Crippen molar-refractivity contribution in [1.82, 2.24) is 0 Å². The Morgan fingerprint density at radius 2 is 2.00 bits per heavy atom. The van der Waals surface area contributed by atoms with Crippen molar-refractivity contribution in [3.8, 4) is 11.5 Å². The van der Waals surface area contributed by atoms with Crippen molar-refractivity contribution >= 4 is 10.8 Å². The number of unbranched alkanes of at least 4 members (excludes halogenated alkanes) is 1. The van der Waals surface area contributed by atoms with E-state index >= 15 is 0 Å². The fourth-order valence-corrected chi connectivity index (χ4v) is 3.14. The van der Waals surface area contributed by atoms with Crippen molar-refractivity contribution in [1.29, 1.82) is 0 Å². The highest BCUT2D eigenvalue weighted by atomic mass is 32.2. The Bertz CT molecular complexity index is 448. The van der Waals surface area contributed by atoms with Crippen molar-refractivity contribution in [3.05, 3.63) is 18.2 Å². The first kappa shape index (κ1) is 14.3. The van der Waals surface area contributed by atoms with Crippen LogP contribution in [-0.4, -0.2) is 29.2 Å². The summed E-state index contributed by atoms with van der Waals surface area (Å²) in [6.45, 7) is 3.13. The standard InChI is InChI=1S/C14H21NO3S/c1-11(15)4-2-3-9-19(16)12-5-6-13-14(10-12)18-8-7-17-13/h5-6,10-11H,2-4,7-9,15H2,1H3. The monoisotopic (exact) mass is 283 g/mol. The normalized spacial score (nSPS) is 16.9. The number of ether oxygens (including phenoxy) is 2. The molecule has 0 saturated heterocycles. The van der Waals surface area contributed by atoms with E-state index in [9.17, 15) is 4.21 Å². The Balaban J connectivity index is 1.88. The first-order valence-electron chi connectivity index (χ1n) is 6.70. The fraction of sp³-hybridized carbons (Fsp3) is 0.571. The molecule has 0 amide bonds. The minimum Gasteiger partial charge on any atom is -0.486 e. The van der Waals surface area contributed by atoms with Crippen molar-refractivity contribution in [2.75, 3.05) is 19.0 Å². The number of benzene rings is 1. The van der Waals surface area contributed by atoms with Gasteiger partial charge in [0.15, 0.2) is 11.5 Å². The van der Waals surface area contributed by atoms with Crippen molar-refractivity contribution in [2.24, 2.45) is 5.73 Å². The van der Waals surface area contributed by atoms with Gasteiger partial charge in [0.05, 0.1) is 10.8 Å². The Kier molecular flexibility index (Phi) is 5.22. The number of fused-ring (bicyclic) bond motifs is 1. The molecule has 0 spiro atoms. The van der Waals surface area contributed by atoms with E-state index in [1.807, 2.05) is 25.1 Å². The van der Waals surface area contributed by atoms with Gasteiger partial charge in [-0.05, 0) is 31.9 Å². The van der Waals surface area contributed by atoms with E-state index in [2.05, 4.69) is 0 Å². The van der Waals surface area contributed by atoms with Gasteiger partial charge in [-0.25, -0.2) is 0 Å². The van der Waals surface area contributed by atoms with Gasteiger partial charge in [0.2, 0.25) is 0 Å². The van der Waals surface area contributed by atoms with Crippen molar-refractivity contribution in [2.45, 2.75) is 37.1 Å². The third kappa shape index (κ3) is 4.21. The van der Waals surface area contributed by atoms with Crippen LogP contribution in [-0.2, 0) is 10.8 Å². The van der Waals surface area contributed by atoms with Gasteiger partial charge in [-0.2, -0.15) is 0 Å². The average molecular weight is 283 g/mol. The van der Waals surface area contributed by atoms with Gasteiger partial charge in [0.25, 0.3) is 0 Å². The highest BCUT2D eigenvalue weighted by Gasteiger charge is 2.14. The van der Waals surface area contributed by atoms with Gasteiger partial charge in [-0.1, -0.05) is 6.42 Å². The summed E-state index contributed by atoms with van der Waals surface area (Å²) in [7, 11) is -0.973. The minimum absolute atomic E-state index is 0.225. The predicted octanol–water partition coefficient (Wildman–Crippen LogP) is 2.08. The van der Waals surface area contributed by atoms with Crippen LogP contribution >= 0.6 is 0 Å². The lowest BCUT2D eigenvalue weighted by Crippen LogP contribution is -2.15. The van der Waals surface area contributed by atoms with Crippen LogP contribution in [0.25, 0.3) is 0 Å². The lowest BCUT2D eigenvalue weighted by Gasteiger charge is -2.18. The number of hydrogen-bond acceptors (Lipinski definition) is 4. The lowest BCUT2D eigenvalue weighted by molar-refractivity contribution is 0.171. The van der Waals surface area contributed by atoms with E-state index in [-0.39, 0.29) is 6.04 Å². The topological polar surface area (TPSA) is 61.6 Å². The number of nitrogens with two attached hydrogens (primary N) is 1. The molecule has 1 aromatic carbocycles. The Morgan fingerprint density at radius 3 is 2.74 bits per heavy atom. The van der Waals surface area contributed by atoms with E-state index in [4.69, 9.17) is 15.2 Å². The summed E-state index contributed by atoms with van der Waals surface area (Å²) < 4.78 is 23.1. The molecule has 4 nitrogen and oxygen atoms in total. The zero-order chi connectivity index (χ0) is 13.7. The SMILES string of the molecule is CC(N)CCCCS(=O)c1ccc2c(c1)OCCO2. The van der Waals surface area contributed by atoms with E-state index in [1.165, 1.54) is 0 Å². The smallest absolute Gasteiger partial charge is 0.162 e. The van der Waals surface area contributed by atoms with Crippen LogP contribution in [0.3, 0.4) is 0 Å². The highest BCUT2D eigenvalue weighted by Crippen LogP contribution is 2.31. The zero-order valence-corrected chi connectivity index (χ0v) is 12.1. The van der Waals surface area contributed by atoms with Gasteiger partial charge in [-0.3, -0.25) is 4.21 Å². The molecule has 1 aliphatic heterocycles. The van der Waals surface area contributed by atoms with E-state index in [0.717, 1.165) is 29.9 Å². The molecule has 1 aromatic rings. The molecule has 0 radical (unpaired) electrons. The summed E-state index contributed by atoms with van der Waals surface area (Å²) in [5.74, 6) is 2.11. The summed E-state index contributed by atoms with van der Waals surface area (Å²) in [6, 6.07) is 5.75. The molecule has 0 aromatic heterocycles. The van der Waals surface area contributed by atoms with Gasteiger partial charge in [-0.15, -0.1) is 0 Å². The number of rotatable bonds is 6. The van der Waals surface area contributed by atoms with Crippen molar-refractivity contribution in [3.63, 3.8) is 0 Å². The minimum atomic E-state index is -0.973. The van der Waals surface area contributed by atoms with Crippen LogP contribution in [0.2, 0.25) is 0 Å². The first-order chi connectivity index (χ1) is 9.16. The second kappa shape index (κ2) is 6.91. The molecule has 106 valence electrons. The molecular weight excluding hydrogens is 262 g/mol. The highest BCUT2D eigenvalue weighted by molar-refractivity contribution is 7.85. The van der Waals surface area contributed by atoms with Gasteiger partial charge in [0, 0.05) is 22.8 Å². The van der Waals surface area contributed by atoms with Crippen LogP contribution < -0.4 is 15.2 Å². The quantitative estimate of drug-likeness (QED) is 0.812. The molecule has 1 aliphatic rings. The molecule has 0 fully saturated rings. The van der Waals surface area contributed by atoms with E-state index in [0.29, 0.717) is 24.7 Å². The molecule has 2 N–H and O–H groups in total. The molecule has 5 heteroatoms. The summed E-state index contributed by atoms with van der Waals surface area (Å²) in [6.07, 6.45) is 2.94. The summed E-state index contributed by atoms with van der Waals surface area (Å²) >= 11 is 0. The molecule has 2 unspecified atom stereocenters. The Hall–Kier alpha value is -1.07.